The van der Waals surface area contributed by atoms with E-state index < -0.39 is 17.8 Å². The van der Waals surface area contributed by atoms with Gasteiger partial charge in [0.1, 0.15) is 5.57 Å². The van der Waals surface area contributed by atoms with Gasteiger partial charge in [-0.05, 0) is 48.0 Å². The van der Waals surface area contributed by atoms with E-state index in [1.165, 1.54) is 6.08 Å². The van der Waals surface area contributed by atoms with Crippen LogP contribution in [-0.2, 0) is 9.59 Å². The van der Waals surface area contributed by atoms with Gasteiger partial charge in [0.15, 0.2) is 0 Å². The van der Waals surface area contributed by atoms with Gasteiger partial charge in [-0.2, -0.15) is 0 Å². The first-order chi connectivity index (χ1) is 11.4. The van der Waals surface area contributed by atoms with Crippen LogP contribution >= 0.6 is 15.9 Å². The molecule has 6 nitrogen and oxygen atoms in total. The van der Waals surface area contributed by atoms with E-state index >= 15 is 0 Å². The second-order valence-electron chi connectivity index (χ2n) is 5.36. The summed E-state index contributed by atoms with van der Waals surface area (Å²) in [6.45, 7) is 3.84. The van der Waals surface area contributed by atoms with Crippen molar-refractivity contribution in [1.82, 2.24) is 15.2 Å². The largest absolute Gasteiger partial charge is 0.328 e. The second kappa shape index (κ2) is 6.09. The van der Waals surface area contributed by atoms with Crippen molar-refractivity contribution >= 4 is 39.9 Å². The molecule has 2 aromatic rings. The van der Waals surface area contributed by atoms with E-state index in [0.717, 1.165) is 21.5 Å². The van der Waals surface area contributed by atoms with Crippen LogP contribution < -0.4 is 10.6 Å². The summed E-state index contributed by atoms with van der Waals surface area (Å²) in [5, 5.41) is 4.14. The number of aromatic nitrogens is 1. The maximum absolute atomic E-state index is 11.9. The molecular weight excluding hydrogens is 374 g/mol. The minimum absolute atomic E-state index is 0.108. The summed E-state index contributed by atoms with van der Waals surface area (Å²) in [4.78, 5) is 35.0. The normalized spacial score (nSPS) is 14.5. The Morgan fingerprint density at radius 3 is 2.12 bits per heavy atom. The standard InChI is InChI=1S/C17H14BrN3O3/c1-9-12(8-13-15(22)19-17(24)20-16(13)23)14(18)10(2)21(9)11-6-4-3-5-7-11/h3-8H,1-2H3,(H2,19,20,22,23,24). The number of hydrogen-bond acceptors (Lipinski definition) is 3. The van der Waals surface area contributed by atoms with Crippen molar-refractivity contribution in [3.8, 4) is 5.69 Å². The van der Waals surface area contributed by atoms with E-state index in [4.69, 9.17) is 0 Å². The van der Waals surface area contributed by atoms with Gasteiger partial charge in [-0.1, -0.05) is 18.2 Å². The molecule has 1 aromatic heterocycles. The van der Waals surface area contributed by atoms with E-state index in [0.29, 0.717) is 5.56 Å². The lowest BCUT2D eigenvalue weighted by Gasteiger charge is -2.14. The molecule has 1 saturated heterocycles. The van der Waals surface area contributed by atoms with Gasteiger partial charge in [0, 0.05) is 27.1 Å². The number of carbonyl (C=O) groups is 3. The van der Waals surface area contributed by atoms with Gasteiger partial charge in [0.2, 0.25) is 0 Å². The number of hydrogen-bond donors (Lipinski definition) is 2. The van der Waals surface area contributed by atoms with Crippen molar-refractivity contribution in [2.75, 3.05) is 0 Å². The van der Waals surface area contributed by atoms with Crippen LogP contribution in [0.15, 0.2) is 40.4 Å². The molecule has 3 rings (SSSR count). The summed E-state index contributed by atoms with van der Waals surface area (Å²) in [5.41, 5.74) is 3.40. The molecule has 1 fully saturated rings. The van der Waals surface area contributed by atoms with Crippen molar-refractivity contribution in [3.63, 3.8) is 0 Å². The lowest BCUT2D eigenvalue weighted by molar-refractivity contribution is -0.123. The fourth-order valence-electron chi connectivity index (χ4n) is 2.71. The minimum Gasteiger partial charge on any atom is -0.317 e. The van der Waals surface area contributed by atoms with E-state index in [-0.39, 0.29) is 5.57 Å². The molecule has 0 saturated carbocycles. The number of benzene rings is 1. The maximum Gasteiger partial charge on any atom is 0.328 e. The Morgan fingerprint density at radius 2 is 1.54 bits per heavy atom. The van der Waals surface area contributed by atoms with Gasteiger partial charge < -0.3 is 4.57 Å². The van der Waals surface area contributed by atoms with Crippen LogP contribution in [0.3, 0.4) is 0 Å². The van der Waals surface area contributed by atoms with Crippen molar-refractivity contribution in [2.45, 2.75) is 13.8 Å². The van der Waals surface area contributed by atoms with Gasteiger partial charge in [-0.15, -0.1) is 0 Å². The molecule has 1 aliphatic rings. The summed E-state index contributed by atoms with van der Waals surface area (Å²) >= 11 is 3.53. The van der Waals surface area contributed by atoms with Crippen molar-refractivity contribution in [1.29, 1.82) is 0 Å². The highest BCUT2D eigenvalue weighted by Crippen LogP contribution is 2.32. The molecule has 0 aliphatic carbocycles. The van der Waals surface area contributed by atoms with Crippen LogP contribution in [0.4, 0.5) is 4.79 Å². The maximum atomic E-state index is 11.9. The summed E-state index contributed by atoms with van der Waals surface area (Å²) in [7, 11) is 0. The monoisotopic (exact) mass is 387 g/mol. The first-order valence-electron chi connectivity index (χ1n) is 7.21. The molecule has 0 spiro atoms. The number of urea groups is 1. The van der Waals surface area contributed by atoms with Crippen LogP contribution in [0.2, 0.25) is 0 Å². The van der Waals surface area contributed by atoms with Crippen molar-refractivity contribution in [3.05, 3.63) is 57.3 Å². The minimum atomic E-state index is -0.809. The predicted octanol–water partition coefficient (Wildman–Crippen LogP) is 2.61. The smallest absolute Gasteiger partial charge is 0.317 e. The zero-order chi connectivity index (χ0) is 17.4. The number of barbiturate groups is 1. The molecule has 1 aromatic carbocycles. The third kappa shape index (κ3) is 2.67. The lowest BCUT2D eigenvalue weighted by atomic mass is 10.1. The lowest BCUT2D eigenvalue weighted by Crippen LogP contribution is -2.51. The predicted molar refractivity (Wildman–Crippen MR) is 92.6 cm³/mol. The fraction of sp³-hybridized carbons (Fsp3) is 0.118. The highest BCUT2D eigenvalue weighted by Gasteiger charge is 2.29. The van der Waals surface area contributed by atoms with Crippen LogP contribution in [0.5, 0.6) is 0 Å². The van der Waals surface area contributed by atoms with E-state index in [1.807, 2.05) is 48.7 Å². The van der Waals surface area contributed by atoms with Crippen molar-refractivity contribution < 1.29 is 14.4 Å². The van der Waals surface area contributed by atoms with E-state index in [9.17, 15) is 14.4 Å². The second-order valence-corrected chi connectivity index (χ2v) is 6.16. The van der Waals surface area contributed by atoms with Gasteiger partial charge in [-0.25, -0.2) is 4.79 Å². The molecular formula is C17H14BrN3O3. The SMILES string of the molecule is Cc1c(Br)c(C=C2C(=O)NC(=O)NC2=O)c(C)n1-c1ccccc1. The number of para-hydroxylation sites is 1. The molecule has 2 heterocycles. The Kier molecular flexibility index (Phi) is 4.11. The molecule has 4 amide bonds. The van der Waals surface area contributed by atoms with Gasteiger partial charge in [0.05, 0.1) is 0 Å². The third-order valence-electron chi connectivity index (χ3n) is 3.86. The molecule has 24 heavy (non-hydrogen) atoms. The number of amides is 4. The van der Waals surface area contributed by atoms with Crippen LogP contribution in [0.25, 0.3) is 11.8 Å². The van der Waals surface area contributed by atoms with Gasteiger partial charge in [0.25, 0.3) is 11.8 Å². The Labute approximate surface area is 146 Å². The van der Waals surface area contributed by atoms with Crippen molar-refractivity contribution in [2.24, 2.45) is 0 Å². The first kappa shape index (κ1) is 16.2. The zero-order valence-corrected chi connectivity index (χ0v) is 14.6. The topological polar surface area (TPSA) is 80.2 Å². The number of halogens is 1. The van der Waals surface area contributed by atoms with Crippen LogP contribution in [-0.4, -0.2) is 22.4 Å². The van der Waals surface area contributed by atoms with Crippen LogP contribution in [0.1, 0.15) is 17.0 Å². The van der Waals surface area contributed by atoms with E-state index in [1.54, 1.807) is 0 Å². The number of rotatable bonds is 2. The third-order valence-corrected chi connectivity index (χ3v) is 4.86. The summed E-state index contributed by atoms with van der Waals surface area (Å²) in [6, 6.07) is 8.95. The van der Waals surface area contributed by atoms with Crippen LogP contribution in [0, 0.1) is 13.8 Å². The Bertz CT molecular complexity index is 876. The molecule has 2 N–H and O–H groups in total. The number of carbonyl (C=O) groups excluding carboxylic acids is 3. The summed E-state index contributed by atoms with van der Waals surface area (Å²) in [6.07, 6.45) is 1.49. The van der Waals surface area contributed by atoms with E-state index in [2.05, 4.69) is 26.6 Å². The highest BCUT2D eigenvalue weighted by molar-refractivity contribution is 9.10. The molecule has 122 valence electrons. The molecule has 0 radical (unpaired) electrons. The van der Waals surface area contributed by atoms with Gasteiger partial charge >= 0.3 is 6.03 Å². The zero-order valence-electron chi connectivity index (χ0n) is 13.0. The quantitative estimate of drug-likeness (QED) is 0.613. The Hall–Kier alpha value is -2.67. The molecule has 0 bridgehead atoms. The average molecular weight is 388 g/mol. The van der Waals surface area contributed by atoms with Gasteiger partial charge in [-0.3, -0.25) is 20.2 Å². The Morgan fingerprint density at radius 1 is 0.958 bits per heavy atom. The molecule has 7 heteroatoms. The summed E-state index contributed by atoms with van der Waals surface area (Å²) in [5.74, 6) is -1.42. The number of imide groups is 2. The average Bonchev–Trinajstić information content (AvgIpc) is 2.74. The highest BCUT2D eigenvalue weighted by atomic mass is 79.9. The molecule has 0 atom stereocenters. The molecule has 0 unspecified atom stereocenters. The molecule has 1 aliphatic heterocycles. The Balaban J connectivity index is 2.14. The number of nitrogens with zero attached hydrogens (tertiary/aromatic N) is 1. The fourth-order valence-corrected chi connectivity index (χ4v) is 3.29. The number of nitrogens with one attached hydrogen (secondary N) is 2. The first-order valence-corrected chi connectivity index (χ1v) is 8.00. The summed E-state index contributed by atoms with van der Waals surface area (Å²) < 4.78 is 2.81.